The number of rotatable bonds is 5. The van der Waals surface area contributed by atoms with Gasteiger partial charge < -0.3 is 10.2 Å². The SMILES string of the molecule is Cc1c(C#N)c(O)n(CCO)c(=O)c1N=Nc1ccc(-c2nc3ccccc3s2)cc1. The predicted octanol–water partition coefficient (Wildman–Crippen LogP) is 4.42. The molecule has 0 spiro atoms. The first-order valence-corrected chi connectivity index (χ1v) is 10.2. The maximum Gasteiger partial charge on any atom is 0.281 e. The number of aromatic nitrogens is 2. The summed E-state index contributed by atoms with van der Waals surface area (Å²) in [5.41, 5.74) is 1.88. The Morgan fingerprint density at radius 3 is 2.58 bits per heavy atom. The molecule has 0 aliphatic heterocycles. The fourth-order valence-electron chi connectivity index (χ4n) is 3.14. The second-order valence-corrected chi connectivity index (χ2v) is 7.73. The van der Waals surface area contributed by atoms with E-state index in [2.05, 4.69) is 15.2 Å². The average molecular weight is 431 g/mol. The first-order valence-electron chi connectivity index (χ1n) is 9.38. The summed E-state index contributed by atoms with van der Waals surface area (Å²) >= 11 is 1.60. The van der Waals surface area contributed by atoms with Crippen LogP contribution in [0.2, 0.25) is 0 Å². The molecule has 4 rings (SSSR count). The van der Waals surface area contributed by atoms with Crippen LogP contribution in [-0.2, 0) is 6.54 Å². The van der Waals surface area contributed by atoms with E-state index in [9.17, 15) is 15.2 Å². The number of aliphatic hydroxyl groups is 1. The number of aliphatic hydroxyl groups excluding tert-OH is 1. The van der Waals surface area contributed by atoms with Gasteiger partial charge in [-0.15, -0.1) is 16.5 Å². The molecule has 2 aromatic heterocycles. The summed E-state index contributed by atoms with van der Waals surface area (Å²) in [4.78, 5) is 17.3. The molecule has 4 aromatic rings. The van der Waals surface area contributed by atoms with Crippen molar-refractivity contribution in [3.8, 4) is 22.5 Å². The largest absolute Gasteiger partial charge is 0.493 e. The quantitative estimate of drug-likeness (QED) is 0.453. The summed E-state index contributed by atoms with van der Waals surface area (Å²) in [5.74, 6) is -0.488. The van der Waals surface area contributed by atoms with Gasteiger partial charge in [-0.25, -0.2) is 4.98 Å². The number of thiazole rings is 1. The Morgan fingerprint density at radius 1 is 1.16 bits per heavy atom. The topological polar surface area (TPSA) is 124 Å². The van der Waals surface area contributed by atoms with E-state index in [0.717, 1.165) is 25.4 Å². The second-order valence-electron chi connectivity index (χ2n) is 6.70. The van der Waals surface area contributed by atoms with Crippen molar-refractivity contribution in [1.82, 2.24) is 9.55 Å². The average Bonchev–Trinajstić information content (AvgIpc) is 3.22. The van der Waals surface area contributed by atoms with Crippen LogP contribution in [0.15, 0.2) is 63.6 Å². The van der Waals surface area contributed by atoms with E-state index in [1.807, 2.05) is 42.5 Å². The maximum atomic E-state index is 12.6. The highest BCUT2D eigenvalue weighted by atomic mass is 32.1. The highest BCUT2D eigenvalue weighted by molar-refractivity contribution is 7.21. The number of fused-ring (bicyclic) bond motifs is 1. The summed E-state index contributed by atoms with van der Waals surface area (Å²) in [5, 5.41) is 37.7. The Bertz CT molecular complexity index is 1360. The maximum absolute atomic E-state index is 12.6. The van der Waals surface area contributed by atoms with E-state index >= 15 is 0 Å². The number of para-hydroxylation sites is 1. The summed E-state index contributed by atoms with van der Waals surface area (Å²) < 4.78 is 2.02. The van der Waals surface area contributed by atoms with E-state index in [-0.39, 0.29) is 30.0 Å². The number of benzene rings is 2. The number of nitriles is 1. The number of hydrogen-bond donors (Lipinski definition) is 2. The molecule has 0 fully saturated rings. The van der Waals surface area contributed by atoms with Crippen molar-refractivity contribution >= 4 is 32.9 Å². The van der Waals surface area contributed by atoms with Gasteiger partial charge in [0.2, 0.25) is 5.88 Å². The molecule has 2 aromatic carbocycles. The lowest BCUT2D eigenvalue weighted by atomic mass is 10.1. The fourth-order valence-corrected chi connectivity index (χ4v) is 4.11. The minimum Gasteiger partial charge on any atom is -0.493 e. The summed E-state index contributed by atoms with van der Waals surface area (Å²) in [6.45, 7) is 0.998. The lowest BCUT2D eigenvalue weighted by molar-refractivity contribution is 0.263. The molecule has 0 saturated heterocycles. The minimum absolute atomic E-state index is 0.0574. The van der Waals surface area contributed by atoms with Crippen LogP contribution >= 0.6 is 11.3 Å². The third-order valence-electron chi connectivity index (χ3n) is 4.77. The highest BCUT2D eigenvalue weighted by Crippen LogP contribution is 2.31. The predicted molar refractivity (Wildman–Crippen MR) is 118 cm³/mol. The van der Waals surface area contributed by atoms with Crippen LogP contribution in [0.25, 0.3) is 20.8 Å². The van der Waals surface area contributed by atoms with Crippen LogP contribution in [0.5, 0.6) is 5.88 Å². The number of hydrogen-bond acceptors (Lipinski definition) is 8. The fraction of sp³-hybridized carbons (Fsp3) is 0.136. The van der Waals surface area contributed by atoms with Crippen LogP contribution in [0, 0.1) is 18.3 Å². The zero-order valence-corrected chi connectivity index (χ0v) is 17.3. The Balaban J connectivity index is 1.67. The first kappa shape index (κ1) is 20.4. The zero-order chi connectivity index (χ0) is 22.0. The van der Waals surface area contributed by atoms with Crippen molar-refractivity contribution in [3.63, 3.8) is 0 Å². The number of pyridine rings is 1. The Morgan fingerprint density at radius 2 is 1.90 bits per heavy atom. The van der Waals surface area contributed by atoms with Crippen molar-refractivity contribution < 1.29 is 10.2 Å². The van der Waals surface area contributed by atoms with Crippen LogP contribution < -0.4 is 5.56 Å². The van der Waals surface area contributed by atoms with Crippen molar-refractivity contribution in [2.45, 2.75) is 13.5 Å². The van der Waals surface area contributed by atoms with Gasteiger partial charge >= 0.3 is 0 Å². The molecular formula is C22H17N5O3S. The van der Waals surface area contributed by atoms with Gasteiger partial charge in [-0.3, -0.25) is 9.36 Å². The molecule has 9 heteroatoms. The number of nitrogens with zero attached hydrogens (tertiary/aromatic N) is 5. The molecular weight excluding hydrogens is 414 g/mol. The van der Waals surface area contributed by atoms with Crippen LogP contribution in [-0.4, -0.2) is 26.4 Å². The standard InChI is InChI=1S/C22H17N5O3S/c1-13-16(12-23)21(29)27(10-11-28)22(30)19(13)26-25-15-8-6-14(7-9-15)20-24-17-4-2-3-5-18(17)31-20/h2-9,28-29H,10-11H2,1H3. The lowest BCUT2D eigenvalue weighted by Gasteiger charge is -2.11. The smallest absolute Gasteiger partial charge is 0.281 e. The third-order valence-corrected chi connectivity index (χ3v) is 5.85. The Labute approximate surface area is 181 Å². The molecule has 0 atom stereocenters. The normalized spacial score (nSPS) is 11.3. The number of azo groups is 1. The van der Waals surface area contributed by atoms with Crippen molar-refractivity contribution in [1.29, 1.82) is 5.26 Å². The van der Waals surface area contributed by atoms with E-state index < -0.39 is 11.4 Å². The molecule has 2 N–H and O–H groups in total. The van der Waals surface area contributed by atoms with Gasteiger partial charge in [-0.1, -0.05) is 12.1 Å². The van der Waals surface area contributed by atoms with Gasteiger partial charge in [0, 0.05) is 11.1 Å². The molecule has 0 aliphatic rings. The van der Waals surface area contributed by atoms with Crippen molar-refractivity contribution in [2.75, 3.05) is 6.61 Å². The van der Waals surface area contributed by atoms with Crippen molar-refractivity contribution in [2.24, 2.45) is 10.2 Å². The second kappa shape index (κ2) is 8.47. The van der Waals surface area contributed by atoms with E-state index in [0.29, 0.717) is 5.69 Å². The minimum atomic E-state index is -0.627. The third kappa shape index (κ3) is 3.82. The van der Waals surface area contributed by atoms with Gasteiger partial charge in [0.25, 0.3) is 5.56 Å². The zero-order valence-electron chi connectivity index (χ0n) is 16.5. The summed E-state index contributed by atoms with van der Waals surface area (Å²) in [6.07, 6.45) is 0. The molecule has 0 unspecified atom stereocenters. The van der Waals surface area contributed by atoms with E-state index in [4.69, 9.17) is 5.11 Å². The lowest BCUT2D eigenvalue weighted by Crippen LogP contribution is -2.23. The van der Waals surface area contributed by atoms with Gasteiger partial charge in [0.1, 0.15) is 16.6 Å². The molecule has 0 radical (unpaired) electrons. The molecule has 0 amide bonds. The van der Waals surface area contributed by atoms with Crippen LogP contribution in [0.3, 0.4) is 0 Å². The molecule has 0 bridgehead atoms. The first-order chi connectivity index (χ1) is 15.0. The van der Waals surface area contributed by atoms with Gasteiger partial charge in [-0.05, 0) is 43.3 Å². The number of aromatic hydroxyl groups is 1. The Kier molecular flexibility index (Phi) is 5.58. The van der Waals surface area contributed by atoms with Crippen LogP contribution in [0.4, 0.5) is 11.4 Å². The van der Waals surface area contributed by atoms with Gasteiger partial charge in [-0.2, -0.15) is 10.4 Å². The molecule has 0 aliphatic carbocycles. The summed E-state index contributed by atoms with van der Waals surface area (Å²) in [7, 11) is 0. The molecule has 0 saturated carbocycles. The molecule has 2 heterocycles. The molecule has 154 valence electrons. The molecule has 8 nitrogen and oxygen atoms in total. The Hall–Kier alpha value is -3.87. The monoisotopic (exact) mass is 431 g/mol. The van der Waals surface area contributed by atoms with E-state index in [1.165, 1.54) is 6.92 Å². The highest BCUT2D eigenvalue weighted by Gasteiger charge is 2.18. The summed E-state index contributed by atoms with van der Waals surface area (Å²) in [6, 6.07) is 17.1. The van der Waals surface area contributed by atoms with Gasteiger partial charge in [0.15, 0.2) is 5.69 Å². The van der Waals surface area contributed by atoms with E-state index in [1.54, 1.807) is 23.5 Å². The van der Waals surface area contributed by atoms with Gasteiger partial charge in [0.05, 0.1) is 29.1 Å². The van der Waals surface area contributed by atoms with Crippen LogP contribution in [0.1, 0.15) is 11.1 Å². The van der Waals surface area contributed by atoms with Crippen molar-refractivity contribution in [3.05, 3.63) is 70.0 Å². The molecule has 31 heavy (non-hydrogen) atoms.